The van der Waals surface area contributed by atoms with Crippen molar-refractivity contribution in [2.45, 2.75) is 58.8 Å². The highest BCUT2D eigenvalue weighted by atomic mass is 32.2. The van der Waals surface area contributed by atoms with Crippen LogP contribution in [0.3, 0.4) is 0 Å². The standard InChI is InChI=1S/C11H23NOS/c1-8(9-7-11(9,5)6)12-14(13)10(2,3)4/h8-9,12H,7H2,1-6H3/t8-,9-,14+/m1/s1. The Hall–Kier alpha value is 0.270. The summed E-state index contributed by atoms with van der Waals surface area (Å²) in [5.74, 6) is 0.689. The summed E-state index contributed by atoms with van der Waals surface area (Å²) in [6.45, 7) is 12.7. The maximum absolute atomic E-state index is 11.8. The lowest BCUT2D eigenvalue weighted by molar-refractivity contribution is 0.459. The van der Waals surface area contributed by atoms with E-state index in [0.29, 0.717) is 17.4 Å². The van der Waals surface area contributed by atoms with Crippen LogP contribution in [0, 0.1) is 11.3 Å². The van der Waals surface area contributed by atoms with E-state index < -0.39 is 11.4 Å². The molecule has 0 unspecified atom stereocenters. The van der Waals surface area contributed by atoms with E-state index in [9.17, 15) is 4.55 Å². The van der Waals surface area contributed by atoms with Crippen molar-refractivity contribution >= 4 is 11.4 Å². The van der Waals surface area contributed by atoms with Crippen molar-refractivity contribution in [2.75, 3.05) is 0 Å². The van der Waals surface area contributed by atoms with Crippen LogP contribution in [0.2, 0.25) is 0 Å². The molecule has 84 valence electrons. The highest BCUT2D eigenvalue weighted by Crippen LogP contribution is 2.53. The predicted octanol–water partition coefficient (Wildman–Crippen LogP) is 2.47. The lowest BCUT2D eigenvalue weighted by Crippen LogP contribution is -2.44. The zero-order chi connectivity index (χ0) is 11.1. The molecule has 1 aliphatic rings. The maximum atomic E-state index is 11.8. The molecule has 1 N–H and O–H groups in total. The van der Waals surface area contributed by atoms with Crippen molar-refractivity contribution < 1.29 is 4.55 Å². The highest BCUT2D eigenvalue weighted by Gasteiger charge is 2.50. The minimum Gasteiger partial charge on any atom is -0.598 e. The zero-order valence-corrected chi connectivity index (χ0v) is 11.0. The van der Waals surface area contributed by atoms with Crippen molar-refractivity contribution in [3.8, 4) is 0 Å². The molecule has 2 nitrogen and oxygen atoms in total. The van der Waals surface area contributed by atoms with Crippen molar-refractivity contribution in [3.05, 3.63) is 0 Å². The van der Waals surface area contributed by atoms with Crippen molar-refractivity contribution in [1.82, 2.24) is 4.72 Å². The van der Waals surface area contributed by atoms with E-state index in [4.69, 9.17) is 0 Å². The van der Waals surface area contributed by atoms with Crippen LogP contribution in [0.25, 0.3) is 0 Å². The predicted molar refractivity (Wildman–Crippen MR) is 62.4 cm³/mol. The Bertz CT molecular complexity index is 210. The van der Waals surface area contributed by atoms with Gasteiger partial charge in [0.05, 0.1) is 6.04 Å². The summed E-state index contributed by atoms with van der Waals surface area (Å²) in [6, 6.07) is 0.366. The summed E-state index contributed by atoms with van der Waals surface area (Å²) in [4.78, 5) is 0. The van der Waals surface area contributed by atoms with E-state index in [1.165, 1.54) is 6.42 Å². The average molecular weight is 217 g/mol. The molecule has 0 spiro atoms. The third kappa shape index (κ3) is 2.88. The van der Waals surface area contributed by atoms with Gasteiger partial charge in [-0.3, -0.25) is 0 Å². The minimum absolute atomic E-state index is 0.159. The summed E-state index contributed by atoms with van der Waals surface area (Å²) < 4.78 is 14.9. The van der Waals surface area contributed by atoms with E-state index in [0.717, 1.165) is 0 Å². The van der Waals surface area contributed by atoms with Crippen molar-refractivity contribution in [3.63, 3.8) is 0 Å². The van der Waals surface area contributed by atoms with Crippen molar-refractivity contribution in [2.24, 2.45) is 11.3 Å². The lowest BCUT2D eigenvalue weighted by atomic mass is 10.1. The van der Waals surface area contributed by atoms with Crippen LogP contribution in [0.5, 0.6) is 0 Å². The monoisotopic (exact) mass is 217 g/mol. The van der Waals surface area contributed by atoms with Gasteiger partial charge in [0.2, 0.25) is 0 Å². The Morgan fingerprint density at radius 2 is 1.86 bits per heavy atom. The molecule has 1 fully saturated rings. The first-order valence-electron chi connectivity index (χ1n) is 5.32. The van der Waals surface area contributed by atoms with E-state index in [2.05, 4.69) is 25.5 Å². The second kappa shape index (κ2) is 3.69. The van der Waals surface area contributed by atoms with Crippen LogP contribution < -0.4 is 4.72 Å². The molecule has 0 aromatic carbocycles. The maximum Gasteiger partial charge on any atom is 0.136 e. The van der Waals surface area contributed by atoms with Crippen LogP contribution in [0.1, 0.15) is 48.0 Å². The summed E-state index contributed by atoms with van der Waals surface area (Å²) in [5, 5.41) is 0. The minimum atomic E-state index is -0.931. The normalized spacial score (nSPS) is 29.8. The molecule has 3 atom stereocenters. The Labute approximate surface area is 91.2 Å². The third-order valence-electron chi connectivity index (χ3n) is 3.04. The molecule has 0 radical (unpaired) electrons. The summed E-state index contributed by atoms with van der Waals surface area (Å²) in [6.07, 6.45) is 1.25. The van der Waals surface area contributed by atoms with Gasteiger partial charge in [-0.15, -0.1) is 4.72 Å². The van der Waals surface area contributed by atoms with Gasteiger partial charge < -0.3 is 4.55 Å². The molecule has 14 heavy (non-hydrogen) atoms. The number of hydrogen-bond acceptors (Lipinski definition) is 2. The third-order valence-corrected chi connectivity index (χ3v) is 4.74. The smallest absolute Gasteiger partial charge is 0.136 e. The topological polar surface area (TPSA) is 35.1 Å². The largest absolute Gasteiger partial charge is 0.598 e. The van der Waals surface area contributed by atoms with Crippen LogP contribution in [0.4, 0.5) is 0 Å². The second-order valence-corrected chi connectivity index (χ2v) is 8.08. The van der Waals surface area contributed by atoms with Gasteiger partial charge in [0.15, 0.2) is 0 Å². The molecule has 1 rings (SSSR count). The van der Waals surface area contributed by atoms with Crippen LogP contribution >= 0.6 is 0 Å². The van der Waals surface area contributed by atoms with Gasteiger partial charge in [-0.25, -0.2) is 0 Å². The molecule has 0 aromatic heterocycles. The van der Waals surface area contributed by atoms with Crippen molar-refractivity contribution in [1.29, 1.82) is 0 Å². The first-order valence-corrected chi connectivity index (χ1v) is 6.47. The molecule has 0 heterocycles. The Morgan fingerprint density at radius 1 is 1.43 bits per heavy atom. The van der Waals surface area contributed by atoms with Crippen LogP contribution in [0.15, 0.2) is 0 Å². The van der Waals surface area contributed by atoms with Gasteiger partial charge in [0.1, 0.15) is 4.75 Å². The molecule has 1 aliphatic carbocycles. The molecule has 0 saturated heterocycles. The first kappa shape index (κ1) is 12.3. The van der Waals surface area contributed by atoms with E-state index in [1.54, 1.807) is 0 Å². The second-order valence-electron chi connectivity index (χ2n) is 6.09. The average Bonchev–Trinajstić information content (AvgIpc) is 2.57. The fourth-order valence-electron chi connectivity index (χ4n) is 1.79. The molecular weight excluding hydrogens is 194 g/mol. The molecular formula is C11H23NOS. The molecule has 0 aromatic rings. The van der Waals surface area contributed by atoms with E-state index in [1.807, 2.05) is 20.8 Å². The fourth-order valence-corrected chi connectivity index (χ4v) is 2.64. The summed E-state index contributed by atoms with van der Waals surface area (Å²) >= 11 is -0.931. The van der Waals surface area contributed by atoms with Crippen LogP contribution in [-0.2, 0) is 11.4 Å². The highest BCUT2D eigenvalue weighted by molar-refractivity contribution is 7.90. The first-order chi connectivity index (χ1) is 6.14. The Morgan fingerprint density at radius 3 is 2.14 bits per heavy atom. The SMILES string of the molecule is C[C@@H](N[S@@+]([O-])C(C)(C)C)[C@H]1CC1(C)C. The fraction of sp³-hybridized carbons (Fsp3) is 1.00. The van der Waals surface area contributed by atoms with E-state index >= 15 is 0 Å². The van der Waals surface area contributed by atoms with E-state index in [-0.39, 0.29) is 4.75 Å². The van der Waals surface area contributed by atoms with Gasteiger partial charge in [-0.1, -0.05) is 13.8 Å². The number of nitrogens with one attached hydrogen (secondary N) is 1. The van der Waals surface area contributed by atoms with Gasteiger partial charge in [-0.05, 0) is 45.4 Å². The molecule has 0 aliphatic heterocycles. The zero-order valence-electron chi connectivity index (χ0n) is 10.2. The number of hydrogen-bond donors (Lipinski definition) is 1. The molecule has 3 heteroatoms. The van der Waals surface area contributed by atoms with Gasteiger partial charge in [0, 0.05) is 11.4 Å². The quantitative estimate of drug-likeness (QED) is 0.737. The Kier molecular flexibility index (Phi) is 3.25. The van der Waals surface area contributed by atoms with Gasteiger partial charge >= 0.3 is 0 Å². The molecule has 0 bridgehead atoms. The molecule has 0 amide bonds. The lowest BCUT2D eigenvalue weighted by Gasteiger charge is -2.27. The number of rotatable bonds is 3. The molecule has 1 saturated carbocycles. The van der Waals surface area contributed by atoms with Gasteiger partial charge in [-0.2, -0.15) is 0 Å². The van der Waals surface area contributed by atoms with Gasteiger partial charge in [0.25, 0.3) is 0 Å². The Balaban J connectivity index is 2.39. The summed E-state index contributed by atoms with van der Waals surface area (Å²) in [5.41, 5.74) is 0.453. The summed E-state index contributed by atoms with van der Waals surface area (Å²) in [7, 11) is 0. The van der Waals surface area contributed by atoms with Crippen LogP contribution in [-0.4, -0.2) is 15.3 Å².